The maximum absolute atomic E-state index is 11.9. The zero-order valence-corrected chi connectivity index (χ0v) is 13.6. The van der Waals surface area contributed by atoms with Gasteiger partial charge >= 0.3 is 0 Å². The molecule has 1 rings (SSSR count). The lowest BCUT2D eigenvalue weighted by Crippen LogP contribution is -2.24. The molecule has 0 bridgehead atoms. The van der Waals surface area contributed by atoms with Gasteiger partial charge in [-0.05, 0) is 40.4 Å². The number of halogens is 1. The van der Waals surface area contributed by atoms with Crippen LogP contribution in [0.2, 0.25) is 0 Å². The molecular formula is C15H22INO. The molecular weight excluding hydrogens is 337 g/mol. The van der Waals surface area contributed by atoms with Gasteiger partial charge in [0.05, 0.1) is 0 Å². The van der Waals surface area contributed by atoms with Gasteiger partial charge in [0.25, 0.3) is 5.91 Å². The average Bonchev–Trinajstić information content (AvgIpc) is 2.33. The Morgan fingerprint density at radius 1 is 1.17 bits per heavy atom. The molecule has 100 valence electrons. The Morgan fingerprint density at radius 2 is 1.78 bits per heavy atom. The zero-order valence-electron chi connectivity index (χ0n) is 11.4. The second kappa shape index (κ2) is 7.12. The minimum atomic E-state index is 0.0314. The van der Waals surface area contributed by atoms with Gasteiger partial charge in [0.15, 0.2) is 0 Å². The zero-order chi connectivity index (χ0) is 13.6. The molecule has 0 saturated heterocycles. The van der Waals surface area contributed by atoms with E-state index in [9.17, 15) is 4.79 Å². The number of carbonyl (C=O) groups is 1. The summed E-state index contributed by atoms with van der Waals surface area (Å²) < 4.78 is 1.15. The van der Waals surface area contributed by atoms with Gasteiger partial charge in [-0.1, -0.05) is 55.5 Å². The normalized spacial score (nSPS) is 11.3. The smallest absolute Gasteiger partial charge is 0.251 e. The minimum absolute atomic E-state index is 0.0314. The Hall–Kier alpha value is -0.580. The molecule has 0 aliphatic carbocycles. The van der Waals surface area contributed by atoms with Gasteiger partial charge in [-0.2, -0.15) is 0 Å². The van der Waals surface area contributed by atoms with Crippen molar-refractivity contribution in [2.45, 2.75) is 39.0 Å². The summed E-state index contributed by atoms with van der Waals surface area (Å²) in [7, 11) is 0. The van der Waals surface area contributed by atoms with Gasteiger partial charge in [-0.15, -0.1) is 0 Å². The van der Waals surface area contributed by atoms with Crippen molar-refractivity contribution >= 4 is 28.5 Å². The van der Waals surface area contributed by atoms with E-state index in [0.717, 1.165) is 29.4 Å². The third-order valence-electron chi connectivity index (χ3n) is 2.86. The van der Waals surface area contributed by atoms with E-state index in [2.05, 4.69) is 48.7 Å². The molecule has 3 heteroatoms. The lowest BCUT2D eigenvalue weighted by atomic mass is 9.87. The largest absolute Gasteiger partial charge is 0.352 e. The first kappa shape index (κ1) is 15.5. The first-order chi connectivity index (χ1) is 8.45. The number of hydrogen-bond acceptors (Lipinski definition) is 1. The summed E-state index contributed by atoms with van der Waals surface area (Å²) in [6, 6.07) is 7.90. The Morgan fingerprint density at radius 3 is 2.28 bits per heavy atom. The molecule has 1 aromatic rings. The van der Waals surface area contributed by atoms with Gasteiger partial charge in [-0.25, -0.2) is 0 Å². The van der Waals surface area contributed by atoms with Gasteiger partial charge in [0.1, 0.15) is 0 Å². The molecule has 0 atom stereocenters. The van der Waals surface area contributed by atoms with E-state index in [1.54, 1.807) is 0 Å². The third kappa shape index (κ3) is 4.96. The molecule has 1 aromatic carbocycles. The fourth-order valence-corrected chi connectivity index (χ4v) is 2.18. The molecule has 0 aliphatic rings. The fraction of sp³-hybridized carbons (Fsp3) is 0.533. The lowest BCUT2D eigenvalue weighted by Gasteiger charge is -2.19. The van der Waals surface area contributed by atoms with E-state index in [0.29, 0.717) is 0 Å². The number of nitrogens with one attached hydrogen (secondary N) is 1. The van der Waals surface area contributed by atoms with E-state index >= 15 is 0 Å². The summed E-state index contributed by atoms with van der Waals surface area (Å²) in [5.41, 5.74) is 2.14. The standard InChI is InChI=1S/C15H22INO/c1-15(2,3)13-8-6-12(7-9-13)14(18)17-11-5-4-10-16/h6-9H,4-5,10-11H2,1-3H3,(H,17,18). The van der Waals surface area contributed by atoms with Crippen LogP contribution < -0.4 is 5.32 Å². The van der Waals surface area contributed by atoms with Crippen molar-refractivity contribution < 1.29 is 4.79 Å². The second-order valence-corrected chi connectivity index (χ2v) is 6.56. The summed E-state index contributed by atoms with van der Waals surface area (Å²) in [5.74, 6) is 0.0314. The van der Waals surface area contributed by atoms with E-state index in [1.807, 2.05) is 24.3 Å². The van der Waals surface area contributed by atoms with E-state index < -0.39 is 0 Å². The average molecular weight is 359 g/mol. The molecule has 1 N–H and O–H groups in total. The number of carbonyl (C=O) groups excluding carboxylic acids is 1. The van der Waals surface area contributed by atoms with Crippen LogP contribution in [-0.2, 0) is 5.41 Å². The van der Waals surface area contributed by atoms with Gasteiger partial charge in [0.2, 0.25) is 0 Å². The van der Waals surface area contributed by atoms with Crippen molar-refractivity contribution in [1.29, 1.82) is 0 Å². The molecule has 1 amide bonds. The van der Waals surface area contributed by atoms with Crippen LogP contribution in [0, 0.1) is 0 Å². The van der Waals surface area contributed by atoms with Crippen LogP contribution >= 0.6 is 22.6 Å². The van der Waals surface area contributed by atoms with Crippen LogP contribution in [0.4, 0.5) is 0 Å². The van der Waals surface area contributed by atoms with Crippen molar-refractivity contribution in [3.8, 4) is 0 Å². The summed E-state index contributed by atoms with van der Waals surface area (Å²) in [4.78, 5) is 11.9. The summed E-state index contributed by atoms with van der Waals surface area (Å²) in [6.45, 7) is 7.28. The van der Waals surface area contributed by atoms with Crippen molar-refractivity contribution in [1.82, 2.24) is 5.32 Å². The summed E-state index contributed by atoms with van der Waals surface area (Å²) in [6.07, 6.45) is 2.21. The molecule has 0 fully saturated rings. The topological polar surface area (TPSA) is 29.1 Å². The molecule has 2 nitrogen and oxygen atoms in total. The van der Waals surface area contributed by atoms with Crippen molar-refractivity contribution in [2.24, 2.45) is 0 Å². The molecule has 0 spiro atoms. The molecule has 0 aliphatic heterocycles. The van der Waals surface area contributed by atoms with Crippen LogP contribution in [0.15, 0.2) is 24.3 Å². The van der Waals surface area contributed by atoms with Crippen molar-refractivity contribution in [2.75, 3.05) is 11.0 Å². The van der Waals surface area contributed by atoms with Crippen LogP contribution in [0.3, 0.4) is 0 Å². The number of unbranched alkanes of at least 4 members (excludes halogenated alkanes) is 1. The number of hydrogen-bond donors (Lipinski definition) is 1. The number of amides is 1. The molecule has 0 heterocycles. The Balaban J connectivity index is 2.54. The molecule has 18 heavy (non-hydrogen) atoms. The van der Waals surface area contributed by atoms with E-state index in [-0.39, 0.29) is 11.3 Å². The highest BCUT2D eigenvalue weighted by Gasteiger charge is 2.13. The number of rotatable bonds is 5. The predicted octanol–water partition coefficient (Wildman–Crippen LogP) is 3.93. The maximum atomic E-state index is 11.9. The van der Waals surface area contributed by atoms with Crippen LogP contribution in [0.1, 0.15) is 49.5 Å². The van der Waals surface area contributed by atoms with Crippen LogP contribution in [-0.4, -0.2) is 16.9 Å². The van der Waals surface area contributed by atoms with Gasteiger partial charge < -0.3 is 5.32 Å². The Bertz CT molecular complexity index is 378. The lowest BCUT2D eigenvalue weighted by molar-refractivity contribution is 0.0953. The first-order valence-electron chi connectivity index (χ1n) is 6.40. The molecule has 0 aromatic heterocycles. The number of alkyl halides is 1. The van der Waals surface area contributed by atoms with Crippen molar-refractivity contribution in [3.63, 3.8) is 0 Å². The quantitative estimate of drug-likeness (QED) is 0.482. The highest BCUT2D eigenvalue weighted by Crippen LogP contribution is 2.22. The van der Waals surface area contributed by atoms with E-state index in [4.69, 9.17) is 0 Å². The Labute approximate surface area is 124 Å². The van der Waals surface area contributed by atoms with Crippen LogP contribution in [0.25, 0.3) is 0 Å². The predicted molar refractivity (Wildman–Crippen MR) is 85.6 cm³/mol. The highest BCUT2D eigenvalue weighted by atomic mass is 127. The summed E-state index contributed by atoms with van der Waals surface area (Å²) in [5, 5.41) is 2.95. The van der Waals surface area contributed by atoms with Crippen molar-refractivity contribution in [3.05, 3.63) is 35.4 Å². The SMILES string of the molecule is CC(C)(C)c1ccc(C(=O)NCCCCI)cc1. The van der Waals surface area contributed by atoms with Gasteiger partial charge in [0, 0.05) is 12.1 Å². The molecule has 0 radical (unpaired) electrons. The maximum Gasteiger partial charge on any atom is 0.251 e. The number of benzene rings is 1. The monoisotopic (exact) mass is 359 g/mol. The Kier molecular flexibility index (Phi) is 6.12. The first-order valence-corrected chi connectivity index (χ1v) is 7.92. The minimum Gasteiger partial charge on any atom is -0.352 e. The molecule has 0 saturated carbocycles. The van der Waals surface area contributed by atoms with E-state index in [1.165, 1.54) is 5.56 Å². The third-order valence-corrected chi connectivity index (χ3v) is 3.62. The second-order valence-electron chi connectivity index (χ2n) is 5.48. The fourth-order valence-electron chi connectivity index (χ4n) is 1.65. The summed E-state index contributed by atoms with van der Waals surface area (Å²) >= 11 is 2.35. The van der Waals surface area contributed by atoms with Gasteiger partial charge in [-0.3, -0.25) is 4.79 Å². The molecule has 0 unspecified atom stereocenters. The highest BCUT2D eigenvalue weighted by molar-refractivity contribution is 14.1. The van der Waals surface area contributed by atoms with Crippen LogP contribution in [0.5, 0.6) is 0 Å².